The molecule has 2 aliphatic heterocycles. The lowest BCUT2D eigenvalue weighted by molar-refractivity contribution is -0.149. The number of thiocarbonyl (C=S) groups is 1. The molecule has 226 valence electrons. The number of aromatic nitrogens is 2. The molecule has 0 saturated carbocycles. The number of nitrogens with zero attached hydrogens (tertiary/aromatic N) is 4. The Morgan fingerprint density at radius 3 is 2.53 bits per heavy atom. The normalized spacial score (nSPS) is 17.8. The molecule has 0 unspecified atom stereocenters. The molecule has 0 N–H and O–H groups in total. The molecule has 2 aliphatic rings. The molecule has 0 atom stereocenters. The zero-order valence-corrected chi connectivity index (χ0v) is 26.8. The third-order valence-corrected chi connectivity index (χ3v) is 10.6. The SMILES string of the molecule is CCOC(=O)C1CCN(S(=O)(=O)c2cccc(-c3nn(-c4ccccc4)cc3/C=C3\SC(=S)N(CC(C)C)C3=O)c2)CC1. The van der Waals surface area contributed by atoms with E-state index in [9.17, 15) is 18.0 Å². The number of hydrogen-bond acceptors (Lipinski definition) is 8. The smallest absolute Gasteiger partial charge is 0.309 e. The maximum Gasteiger partial charge on any atom is 0.309 e. The maximum absolute atomic E-state index is 13.7. The minimum Gasteiger partial charge on any atom is -0.466 e. The van der Waals surface area contributed by atoms with Crippen LogP contribution in [-0.4, -0.2) is 69.8 Å². The van der Waals surface area contributed by atoms with Crippen LogP contribution in [0, 0.1) is 11.8 Å². The average Bonchev–Trinajstić information content (AvgIpc) is 3.54. The van der Waals surface area contributed by atoms with Crippen LogP contribution in [0.3, 0.4) is 0 Å². The summed E-state index contributed by atoms with van der Waals surface area (Å²) in [5, 5.41) is 4.83. The van der Waals surface area contributed by atoms with E-state index >= 15 is 0 Å². The second-order valence-corrected chi connectivity index (χ2v) is 14.5. The number of rotatable bonds is 9. The minimum absolute atomic E-state index is 0.142. The summed E-state index contributed by atoms with van der Waals surface area (Å²) in [6.07, 6.45) is 4.44. The lowest BCUT2D eigenvalue weighted by Crippen LogP contribution is -2.40. The van der Waals surface area contributed by atoms with Gasteiger partial charge in [0.05, 0.1) is 28.0 Å². The van der Waals surface area contributed by atoms with Gasteiger partial charge in [0.25, 0.3) is 5.91 Å². The van der Waals surface area contributed by atoms with E-state index in [-0.39, 0.29) is 41.7 Å². The highest BCUT2D eigenvalue weighted by Crippen LogP contribution is 2.36. The molecule has 1 amide bonds. The van der Waals surface area contributed by atoms with Gasteiger partial charge in [-0.1, -0.05) is 68.2 Å². The van der Waals surface area contributed by atoms with Gasteiger partial charge in [-0.3, -0.25) is 14.5 Å². The van der Waals surface area contributed by atoms with Crippen LogP contribution in [0.4, 0.5) is 0 Å². The Balaban J connectivity index is 1.48. The van der Waals surface area contributed by atoms with Crippen LogP contribution in [0.25, 0.3) is 23.0 Å². The summed E-state index contributed by atoms with van der Waals surface area (Å²) >= 11 is 6.76. The molecular weight excluding hydrogens is 605 g/mol. The van der Waals surface area contributed by atoms with Crippen LogP contribution in [-0.2, 0) is 24.3 Å². The second-order valence-electron chi connectivity index (χ2n) is 10.9. The standard InChI is InChI=1S/C31H34N4O5S3/c1-4-40-30(37)22-13-15-33(16-14-22)43(38,39)26-12-8-9-23(17-26)28-24(20-35(32-28)25-10-6-5-7-11-25)18-27-29(36)34(19-21(2)3)31(41)42-27/h5-12,17-18,20-22H,4,13-16,19H2,1-3H3/b27-18-. The van der Waals surface area contributed by atoms with E-state index in [0.717, 1.165) is 5.69 Å². The van der Waals surface area contributed by atoms with Crippen molar-refractivity contribution in [3.8, 4) is 16.9 Å². The fourth-order valence-corrected chi connectivity index (χ4v) is 7.92. The molecular formula is C31H34N4O5S3. The summed E-state index contributed by atoms with van der Waals surface area (Å²) in [5.41, 5.74) is 2.62. The van der Waals surface area contributed by atoms with E-state index in [1.54, 1.807) is 40.8 Å². The lowest BCUT2D eigenvalue weighted by Gasteiger charge is -2.30. The van der Waals surface area contributed by atoms with E-state index in [2.05, 4.69) is 0 Å². The monoisotopic (exact) mass is 638 g/mol. The Labute approximate surface area is 261 Å². The minimum atomic E-state index is -3.82. The molecule has 12 heteroatoms. The average molecular weight is 639 g/mol. The molecule has 0 aliphatic carbocycles. The molecule has 2 fully saturated rings. The number of thioether (sulfide) groups is 1. The summed E-state index contributed by atoms with van der Waals surface area (Å²) in [7, 11) is -3.82. The summed E-state index contributed by atoms with van der Waals surface area (Å²) in [4.78, 5) is 27.7. The number of esters is 1. The lowest BCUT2D eigenvalue weighted by atomic mass is 9.98. The first-order valence-corrected chi connectivity index (χ1v) is 16.9. The molecule has 9 nitrogen and oxygen atoms in total. The second kappa shape index (κ2) is 13.1. The van der Waals surface area contributed by atoms with E-state index in [1.807, 2.05) is 56.4 Å². The van der Waals surface area contributed by atoms with E-state index in [0.29, 0.717) is 52.0 Å². The fourth-order valence-electron chi connectivity index (χ4n) is 5.14. The highest BCUT2D eigenvalue weighted by atomic mass is 32.2. The molecule has 3 heterocycles. The van der Waals surface area contributed by atoms with Gasteiger partial charge in [0.1, 0.15) is 10.0 Å². The Bertz CT molecular complexity index is 1660. The molecule has 2 saturated heterocycles. The number of amides is 1. The van der Waals surface area contributed by atoms with Crippen LogP contribution in [0.5, 0.6) is 0 Å². The van der Waals surface area contributed by atoms with Gasteiger partial charge in [-0.2, -0.15) is 9.40 Å². The van der Waals surface area contributed by atoms with Crippen LogP contribution in [0.1, 0.15) is 39.2 Å². The quantitative estimate of drug-likeness (QED) is 0.175. The number of carbonyl (C=O) groups excluding carboxylic acids is 2. The predicted molar refractivity (Wildman–Crippen MR) is 172 cm³/mol. The van der Waals surface area contributed by atoms with Crippen molar-refractivity contribution >= 4 is 56.3 Å². The van der Waals surface area contributed by atoms with Crippen molar-refractivity contribution in [2.75, 3.05) is 26.2 Å². The van der Waals surface area contributed by atoms with Gasteiger partial charge in [0.2, 0.25) is 10.0 Å². The predicted octanol–water partition coefficient (Wildman–Crippen LogP) is 5.36. The van der Waals surface area contributed by atoms with Gasteiger partial charge in [0, 0.05) is 37.0 Å². The molecule has 43 heavy (non-hydrogen) atoms. The zero-order valence-electron chi connectivity index (χ0n) is 24.3. The van der Waals surface area contributed by atoms with Gasteiger partial charge < -0.3 is 4.74 Å². The van der Waals surface area contributed by atoms with Crippen molar-refractivity contribution in [1.29, 1.82) is 0 Å². The first kappa shape index (κ1) is 31.1. The fraction of sp³-hybridized carbons (Fsp3) is 0.355. The number of hydrogen-bond donors (Lipinski definition) is 0. The van der Waals surface area contributed by atoms with E-state index in [4.69, 9.17) is 22.1 Å². The maximum atomic E-state index is 13.7. The van der Waals surface area contributed by atoms with Crippen LogP contribution < -0.4 is 0 Å². The summed E-state index contributed by atoms with van der Waals surface area (Å²) in [6.45, 7) is 7.15. The van der Waals surface area contributed by atoms with Gasteiger partial charge >= 0.3 is 5.97 Å². The molecule has 1 aromatic heterocycles. The number of carbonyl (C=O) groups is 2. The molecule has 0 bridgehead atoms. The van der Waals surface area contributed by atoms with Gasteiger partial charge in [-0.15, -0.1) is 0 Å². The van der Waals surface area contributed by atoms with Gasteiger partial charge in [0.15, 0.2) is 0 Å². The van der Waals surface area contributed by atoms with Crippen molar-refractivity contribution in [3.05, 3.63) is 71.3 Å². The first-order valence-electron chi connectivity index (χ1n) is 14.3. The van der Waals surface area contributed by atoms with Crippen molar-refractivity contribution < 1.29 is 22.7 Å². The van der Waals surface area contributed by atoms with E-state index < -0.39 is 10.0 Å². The third-order valence-electron chi connectivity index (χ3n) is 7.29. The molecule has 5 rings (SSSR count). The summed E-state index contributed by atoms with van der Waals surface area (Å²) in [6, 6.07) is 16.3. The molecule has 0 radical (unpaired) electrons. The number of sulfonamides is 1. The summed E-state index contributed by atoms with van der Waals surface area (Å²) in [5.74, 6) is -0.455. The van der Waals surface area contributed by atoms with Crippen molar-refractivity contribution in [3.63, 3.8) is 0 Å². The Morgan fingerprint density at radius 1 is 1.14 bits per heavy atom. The van der Waals surface area contributed by atoms with Crippen LogP contribution in [0.2, 0.25) is 0 Å². The van der Waals surface area contributed by atoms with Crippen molar-refractivity contribution in [2.45, 2.75) is 38.5 Å². The first-order chi connectivity index (χ1) is 20.6. The zero-order chi connectivity index (χ0) is 30.7. The van der Waals surface area contributed by atoms with Gasteiger partial charge in [-0.25, -0.2) is 13.1 Å². The number of para-hydroxylation sites is 1. The topological polar surface area (TPSA) is 102 Å². The van der Waals surface area contributed by atoms with Gasteiger partial charge in [-0.05, 0) is 56.0 Å². The Morgan fingerprint density at radius 2 is 1.86 bits per heavy atom. The largest absolute Gasteiger partial charge is 0.466 e. The molecule has 3 aromatic rings. The third kappa shape index (κ3) is 6.77. The highest BCUT2D eigenvalue weighted by Gasteiger charge is 2.34. The number of ether oxygens (including phenoxy) is 1. The molecule has 0 spiro atoms. The van der Waals surface area contributed by atoms with Crippen molar-refractivity contribution in [2.24, 2.45) is 11.8 Å². The van der Waals surface area contributed by atoms with Crippen molar-refractivity contribution in [1.82, 2.24) is 19.0 Å². The Hall–Kier alpha value is -3.32. The van der Waals surface area contributed by atoms with E-state index in [1.165, 1.54) is 16.1 Å². The number of piperidine rings is 1. The molecule has 2 aromatic carbocycles. The van der Waals surface area contributed by atoms with Crippen LogP contribution >= 0.6 is 24.0 Å². The van der Waals surface area contributed by atoms with Crippen LogP contribution in [0.15, 0.2) is 70.6 Å². The summed E-state index contributed by atoms with van der Waals surface area (Å²) < 4.78 is 36.1. The highest BCUT2D eigenvalue weighted by molar-refractivity contribution is 8.26. The number of benzene rings is 2. The Kier molecular flexibility index (Phi) is 9.50.